The Kier molecular flexibility index (Phi) is 6.49. The van der Waals surface area contributed by atoms with E-state index in [9.17, 15) is 4.79 Å². The molecule has 3 N–H and O–H groups in total. The van der Waals surface area contributed by atoms with Crippen LogP contribution in [0.1, 0.15) is 53.4 Å². The summed E-state index contributed by atoms with van der Waals surface area (Å²) < 4.78 is 0. The normalized spacial score (nSPS) is 25.3. The van der Waals surface area contributed by atoms with Crippen molar-refractivity contribution in [1.82, 2.24) is 5.32 Å². The van der Waals surface area contributed by atoms with Crippen LogP contribution in [0.5, 0.6) is 0 Å². The third-order valence-electron chi connectivity index (χ3n) is 3.58. The van der Waals surface area contributed by atoms with Crippen LogP contribution in [0.2, 0.25) is 0 Å². The Morgan fingerprint density at radius 2 is 1.94 bits per heavy atom. The molecule has 1 aliphatic rings. The lowest BCUT2D eigenvalue weighted by Gasteiger charge is -2.33. The van der Waals surface area contributed by atoms with Gasteiger partial charge >= 0.3 is 0 Å². The minimum atomic E-state index is -0.759. The van der Waals surface area contributed by atoms with Crippen molar-refractivity contribution in [1.29, 1.82) is 0 Å². The molecule has 4 heteroatoms. The number of carbonyl (C=O) groups excluding carboxylic acids is 1. The van der Waals surface area contributed by atoms with Crippen molar-refractivity contribution >= 4 is 18.3 Å². The van der Waals surface area contributed by atoms with Gasteiger partial charge in [0.1, 0.15) is 0 Å². The average Bonchev–Trinajstić information content (AvgIpc) is 2.16. The summed E-state index contributed by atoms with van der Waals surface area (Å²) in [5.74, 6) is 1.44. The number of rotatable bonds is 3. The molecule has 1 fully saturated rings. The van der Waals surface area contributed by atoms with E-state index in [1.807, 2.05) is 0 Å². The van der Waals surface area contributed by atoms with E-state index in [2.05, 4.69) is 19.2 Å². The molecule has 2 unspecified atom stereocenters. The van der Waals surface area contributed by atoms with Crippen molar-refractivity contribution in [3.8, 4) is 0 Å². The number of nitrogens with two attached hydrogens (primary N) is 1. The van der Waals surface area contributed by atoms with E-state index in [1.54, 1.807) is 13.8 Å². The molecule has 0 spiro atoms. The van der Waals surface area contributed by atoms with Crippen LogP contribution in [0.25, 0.3) is 0 Å². The van der Waals surface area contributed by atoms with Crippen LogP contribution in [0.4, 0.5) is 0 Å². The molecule has 0 aromatic carbocycles. The maximum atomic E-state index is 11.8. The Bertz CT molecular complexity index is 248. The second-order valence-electron chi connectivity index (χ2n) is 6.06. The van der Waals surface area contributed by atoms with Crippen LogP contribution in [0, 0.1) is 11.8 Å². The highest BCUT2D eigenvalue weighted by molar-refractivity contribution is 5.85. The van der Waals surface area contributed by atoms with Crippen LogP contribution in [0.15, 0.2) is 0 Å². The Hall–Kier alpha value is -0.280. The molecule has 0 saturated heterocycles. The van der Waals surface area contributed by atoms with Gasteiger partial charge in [-0.1, -0.05) is 26.7 Å². The van der Waals surface area contributed by atoms with E-state index in [0.717, 1.165) is 18.8 Å². The minimum absolute atomic E-state index is 0. The molecule has 102 valence electrons. The number of carbonyl (C=O) groups is 1. The molecule has 1 amide bonds. The lowest BCUT2D eigenvalue weighted by Crippen LogP contribution is -2.53. The molecule has 17 heavy (non-hydrogen) atoms. The molecule has 1 rings (SSSR count). The van der Waals surface area contributed by atoms with E-state index in [4.69, 9.17) is 5.73 Å². The van der Waals surface area contributed by atoms with Crippen LogP contribution in [-0.2, 0) is 4.79 Å². The van der Waals surface area contributed by atoms with Gasteiger partial charge in [0.05, 0.1) is 5.54 Å². The second-order valence-corrected chi connectivity index (χ2v) is 6.06. The average molecular weight is 263 g/mol. The first-order chi connectivity index (χ1) is 7.30. The van der Waals surface area contributed by atoms with E-state index in [-0.39, 0.29) is 18.3 Å². The van der Waals surface area contributed by atoms with Gasteiger partial charge in [0.15, 0.2) is 0 Å². The summed E-state index contributed by atoms with van der Waals surface area (Å²) >= 11 is 0. The highest BCUT2D eigenvalue weighted by atomic mass is 35.5. The molecule has 0 aromatic rings. The quantitative estimate of drug-likeness (QED) is 0.821. The number of hydrogen-bond donors (Lipinski definition) is 2. The zero-order valence-electron chi connectivity index (χ0n) is 11.5. The summed E-state index contributed by atoms with van der Waals surface area (Å²) in [4.78, 5) is 11.8. The fourth-order valence-electron chi connectivity index (χ4n) is 2.34. The molecule has 3 nitrogen and oxygen atoms in total. The Morgan fingerprint density at radius 1 is 1.35 bits per heavy atom. The fraction of sp³-hybridized carbons (Fsp3) is 0.923. The van der Waals surface area contributed by atoms with Crippen molar-refractivity contribution in [3.63, 3.8) is 0 Å². The maximum absolute atomic E-state index is 11.8. The Balaban J connectivity index is 0.00000256. The third-order valence-corrected chi connectivity index (χ3v) is 3.58. The van der Waals surface area contributed by atoms with Crippen molar-refractivity contribution in [3.05, 3.63) is 0 Å². The van der Waals surface area contributed by atoms with Crippen LogP contribution in [0.3, 0.4) is 0 Å². The van der Waals surface area contributed by atoms with Crippen LogP contribution >= 0.6 is 12.4 Å². The largest absolute Gasteiger partial charge is 0.352 e. The number of nitrogens with one attached hydrogen (secondary N) is 1. The summed E-state index contributed by atoms with van der Waals surface area (Å²) in [6.07, 6.45) is 4.74. The van der Waals surface area contributed by atoms with Gasteiger partial charge in [0.25, 0.3) is 0 Å². The molecule has 0 aromatic heterocycles. The third kappa shape index (κ3) is 5.26. The van der Waals surface area contributed by atoms with Crippen molar-refractivity contribution in [2.45, 2.75) is 65.0 Å². The van der Waals surface area contributed by atoms with Crippen LogP contribution < -0.4 is 11.1 Å². The smallest absolute Gasteiger partial charge is 0.239 e. The number of amides is 1. The van der Waals surface area contributed by atoms with Crippen molar-refractivity contribution in [2.24, 2.45) is 17.6 Å². The van der Waals surface area contributed by atoms with Gasteiger partial charge in [-0.2, -0.15) is 0 Å². The Labute approximate surface area is 111 Å². The summed E-state index contributed by atoms with van der Waals surface area (Å²) in [6.45, 7) is 8.04. The Morgan fingerprint density at radius 3 is 2.41 bits per heavy atom. The predicted molar refractivity (Wildman–Crippen MR) is 74.2 cm³/mol. The summed E-state index contributed by atoms with van der Waals surface area (Å²) in [6, 6.07) is 0.330. The van der Waals surface area contributed by atoms with Crippen molar-refractivity contribution < 1.29 is 4.79 Å². The van der Waals surface area contributed by atoms with Gasteiger partial charge < -0.3 is 11.1 Å². The van der Waals surface area contributed by atoms with Gasteiger partial charge in [0.2, 0.25) is 5.91 Å². The van der Waals surface area contributed by atoms with E-state index in [1.165, 1.54) is 12.8 Å². The van der Waals surface area contributed by atoms with Crippen LogP contribution in [-0.4, -0.2) is 17.5 Å². The summed E-state index contributed by atoms with van der Waals surface area (Å²) in [5.41, 5.74) is 5.02. The minimum Gasteiger partial charge on any atom is -0.352 e. The predicted octanol–water partition coefficient (Wildman–Crippen LogP) is 2.48. The lowest BCUT2D eigenvalue weighted by molar-refractivity contribution is -0.126. The van der Waals surface area contributed by atoms with Gasteiger partial charge in [-0.3, -0.25) is 4.79 Å². The molecular formula is C13H27ClN2O. The zero-order chi connectivity index (χ0) is 12.3. The topological polar surface area (TPSA) is 55.1 Å². The monoisotopic (exact) mass is 262 g/mol. The van der Waals surface area contributed by atoms with E-state index in [0.29, 0.717) is 12.0 Å². The lowest BCUT2D eigenvalue weighted by atomic mass is 9.79. The number of hydrogen-bond acceptors (Lipinski definition) is 2. The molecule has 1 aliphatic carbocycles. The SMILES string of the molecule is CC(C)C1CCCC(NC(=O)C(C)(C)N)C1.Cl. The highest BCUT2D eigenvalue weighted by Crippen LogP contribution is 2.30. The number of halogens is 1. The molecular weight excluding hydrogens is 236 g/mol. The molecule has 1 saturated carbocycles. The zero-order valence-corrected chi connectivity index (χ0v) is 12.3. The standard InChI is InChI=1S/C13H26N2O.ClH/c1-9(2)10-6-5-7-11(8-10)15-12(16)13(3,4)14;/h9-11H,5-8,14H2,1-4H3,(H,15,16);1H. The molecule has 0 bridgehead atoms. The highest BCUT2D eigenvalue weighted by Gasteiger charge is 2.28. The second kappa shape index (κ2) is 6.60. The summed E-state index contributed by atoms with van der Waals surface area (Å²) in [5, 5.41) is 3.08. The first-order valence-corrected chi connectivity index (χ1v) is 6.40. The van der Waals surface area contributed by atoms with Gasteiger partial charge in [-0.15, -0.1) is 12.4 Å². The van der Waals surface area contributed by atoms with E-state index >= 15 is 0 Å². The summed E-state index contributed by atoms with van der Waals surface area (Å²) in [7, 11) is 0. The maximum Gasteiger partial charge on any atom is 0.239 e. The fourth-order valence-corrected chi connectivity index (χ4v) is 2.34. The first-order valence-electron chi connectivity index (χ1n) is 6.40. The van der Waals surface area contributed by atoms with Crippen molar-refractivity contribution in [2.75, 3.05) is 0 Å². The van der Waals surface area contributed by atoms with Gasteiger partial charge in [-0.25, -0.2) is 0 Å². The van der Waals surface area contributed by atoms with Gasteiger partial charge in [0, 0.05) is 6.04 Å². The first kappa shape index (κ1) is 16.7. The molecule has 0 aliphatic heterocycles. The van der Waals surface area contributed by atoms with Gasteiger partial charge in [-0.05, 0) is 38.5 Å². The molecule has 0 radical (unpaired) electrons. The molecule has 0 heterocycles. The molecule has 2 atom stereocenters. The van der Waals surface area contributed by atoms with E-state index < -0.39 is 5.54 Å².